The Bertz CT molecular complexity index is 428. The lowest BCUT2D eigenvalue weighted by atomic mass is 9.97. The average Bonchev–Trinajstić information content (AvgIpc) is 2.90. The van der Waals surface area contributed by atoms with E-state index in [0.29, 0.717) is 6.79 Å². The summed E-state index contributed by atoms with van der Waals surface area (Å²) in [5.41, 5.74) is 1.20. The van der Waals surface area contributed by atoms with Crippen molar-refractivity contribution >= 4 is 0 Å². The molecule has 0 atom stereocenters. The van der Waals surface area contributed by atoms with Crippen LogP contribution >= 0.6 is 0 Å². The Kier molecular flexibility index (Phi) is 3.89. The third-order valence-corrected chi connectivity index (χ3v) is 4.06. The molecule has 2 aliphatic heterocycles. The number of ether oxygens (including phenoxy) is 2. The molecule has 104 valence electrons. The van der Waals surface area contributed by atoms with Gasteiger partial charge in [0.25, 0.3) is 0 Å². The first kappa shape index (κ1) is 12.8. The highest BCUT2D eigenvalue weighted by Crippen LogP contribution is 2.35. The van der Waals surface area contributed by atoms with Crippen molar-refractivity contribution in [2.45, 2.75) is 19.4 Å². The van der Waals surface area contributed by atoms with Crippen molar-refractivity contribution in [3.05, 3.63) is 23.8 Å². The fraction of sp³-hybridized carbons (Fsp3) is 0.600. The van der Waals surface area contributed by atoms with E-state index in [1.807, 2.05) is 12.1 Å². The largest absolute Gasteiger partial charge is 0.454 e. The van der Waals surface area contributed by atoms with Gasteiger partial charge in [0.15, 0.2) is 11.5 Å². The maximum atomic E-state index is 5.52. The molecule has 3 rings (SSSR count). The molecule has 1 aromatic carbocycles. The summed E-state index contributed by atoms with van der Waals surface area (Å²) < 4.78 is 10.9. The molecule has 1 aromatic rings. The van der Waals surface area contributed by atoms with Crippen LogP contribution in [0.15, 0.2) is 18.2 Å². The van der Waals surface area contributed by atoms with Crippen molar-refractivity contribution in [1.29, 1.82) is 0 Å². The number of likely N-dealkylation sites (tertiary alicyclic amines) is 1. The van der Waals surface area contributed by atoms with Gasteiger partial charge in [0.05, 0.1) is 0 Å². The van der Waals surface area contributed by atoms with E-state index in [2.05, 4.69) is 23.3 Å². The highest BCUT2D eigenvalue weighted by atomic mass is 16.7. The summed E-state index contributed by atoms with van der Waals surface area (Å²) in [7, 11) is 2.20. The van der Waals surface area contributed by atoms with Gasteiger partial charge in [0, 0.05) is 12.1 Å². The molecule has 0 aromatic heterocycles. The van der Waals surface area contributed by atoms with E-state index in [1.54, 1.807) is 0 Å². The van der Waals surface area contributed by atoms with E-state index in [-0.39, 0.29) is 0 Å². The molecule has 0 spiro atoms. The van der Waals surface area contributed by atoms with Gasteiger partial charge in [-0.25, -0.2) is 0 Å². The van der Waals surface area contributed by atoms with E-state index >= 15 is 0 Å². The molecule has 19 heavy (non-hydrogen) atoms. The number of fused-ring (bicyclic) bond motifs is 1. The van der Waals surface area contributed by atoms with E-state index in [0.717, 1.165) is 30.5 Å². The lowest BCUT2D eigenvalue weighted by Gasteiger charge is -2.29. The van der Waals surface area contributed by atoms with Crippen LogP contribution in [0.2, 0.25) is 0 Å². The molecule has 0 saturated carbocycles. The fourth-order valence-electron chi connectivity index (χ4n) is 2.81. The maximum absolute atomic E-state index is 5.52. The number of rotatable bonds is 4. The number of hydrogen-bond acceptors (Lipinski definition) is 4. The number of hydrogen-bond donors (Lipinski definition) is 1. The standard InChI is InChI=1S/C15H22N2O2/c1-17-7-5-12(6-8-17)9-16-10-13-3-2-4-14-15(13)19-11-18-14/h2-4,12,16H,5-11H2,1H3. The van der Waals surface area contributed by atoms with Gasteiger partial charge in [-0.05, 0) is 51.5 Å². The second-order valence-electron chi connectivity index (χ2n) is 5.53. The van der Waals surface area contributed by atoms with Crippen molar-refractivity contribution < 1.29 is 9.47 Å². The third-order valence-electron chi connectivity index (χ3n) is 4.06. The first-order valence-electron chi connectivity index (χ1n) is 7.09. The summed E-state index contributed by atoms with van der Waals surface area (Å²) >= 11 is 0. The van der Waals surface area contributed by atoms with E-state index < -0.39 is 0 Å². The van der Waals surface area contributed by atoms with Crippen LogP contribution < -0.4 is 14.8 Å². The van der Waals surface area contributed by atoms with Crippen LogP contribution in [-0.2, 0) is 6.54 Å². The Labute approximate surface area is 114 Å². The third kappa shape index (κ3) is 3.01. The summed E-state index contributed by atoms with van der Waals surface area (Å²) in [6.07, 6.45) is 2.60. The number of nitrogens with one attached hydrogen (secondary N) is 1. The minimum Gasteiger partial charge on any atom is -0.454 e. The molecule has 0 amide bonds. The maximum Gasteiger partial charge on any atom is 0.231 e. The van der Waals surface area contributed by atoms with Gasteiger partial charge in [-0.2, -0.15) is 0 Å². The molecule has 4 nitrogen and oxygen atoms in total. The Morgan fingerprint density at radius 3 is 2.95 bits per heavy atom. The quantitative estimate of drug-likeness (QED) is 0.898. The minimum absolute atomic E-state index is 0.349. The SMILES string of the molecule is CN1CCC(CNCc2cccc3c2OCO3)CC1. The summed E-state index contributed by atoms with van der Waals surface area (Å²) in [6.45, 7) is 4.76. The Balaban J connectivity index is 1.49. The van der Waals surface area contributed by atoms with E-state index in [4.69, 9.17) is 9.47 Å². The highest BCUT2D eigenvalue weighted by molar-refractivity contribution is 5.48. The van der Waals surface area contributed by atoms with Crippen molar-refractivity contribution in [3.63, 3.8) is 0 Å². The number of nitrogens with zero attached hydrogens (tertiary/aromatic N) is 1. The predicted molar refractivity (Wildman–Crippen MR) is 74.5 cm³/mol. The molecular formula is C15H22N2O2. The zero-order valence-corrected chi connectivity index (χ0v) is 11.5. The van der Waals surface area contributed by atoms with Gasteiger partial charge in [-0.1, -0.05) is 12.1 Å². The van der Waals surface area contributed by atoms with E-state index in [9.17, 15) is 0 Å². The van der Waals surface area contributed by atoms with Gasteiger partial charge in [0.2, 0.25) is 6.79 Å². The van der Waals surface area contributed by atoms with Gasteiger partial charge in [-0.3, -0.25) is 0 Å². The molecule has 0 radical (unpaired) electrons. The van der Waals surface area contributed by atoms with Crippen LogP contribution in [0.3, 0.4) is 0 Å². The summed E-state index contributed by atoms with van der Waals surface area (Å²) in [4.78, 5) is 2.41. The van der Waals surface area contributed by atoms with Crippen LogP contribution in [-0.4, -0.2) is 38.4 Å². The minimum atomic E-state index is 0.349. The van der Waals surface area contributed by atoms with Gasteiger partial charge < -0.3 is 19.7 Å². The molecule has 4 heteroatoms. The van der Waals surface area contributed by atoms with Gasteiger partial charge in [0.1, 0.15) is 0 Å². The Morgan fingerprint density at radius 1 is 1.26 bits per heavy atom. The van der Waals surface area contributed by atoms with Crippen molar-refractivity contribution in [1.82, 2.24) is 10.2 Å². The van der Waals surface area contributed by atoms with Crippen LogP contribution in [0, 0.1) is 5.92 Å². The molecule has 0 aliphatic carbocycles. The van der Waals surface area contributed by atoms with Gasteiger partial charge in [-0.15, -0.1) is 0 Å². The Hall–Kier alpha value is -1.26. The molecule has 2 heterocycles. The number of piperidine rings is 1. The van der Waals surface area contributed by atoms with E-state index in [1.165, 1.54) is 31.5 Å². The van der Waals surface area contributed by atoms with Crippen LogP contribution in [0.25, 0.3) is 0 Å². The predicted octanol–water partition coefficient (Wildman–Crippen LogP) is 1.85. The molecule has 0 unspecified atom stereocenters. The van der Waals surface area contributed by atoms with Crippen molar-refractivity contribution in [2.24, 2.45) is 5.92 Å². The molecule has 2 aliphatic rings. The first-order chi connectivity index (χ1) is 9.33. The lowest BCUT2D eigenvalue weighted by molar-refractivity contribution is 0.173. The van der Waals surface area contributed by atoms with Crippen LogP contribution in [0.4, 0.5) is 0 Å². The molecular weight excluding hydrogens is 240 g/mol. The first-order valence-corrected chi connectivity index (χ1v) is 7.09. The monoisotopic (exact) mass is 262 g/mol. The molecule has 1 saturated heterocycles. The lowest BCUT2D eigenvalue weighted by Crippen LogP contribution is -2.34. The van der Waals surface area contributed by atoms with Crippen molar-refractivity contribution in [2.75, 3.05) is 33.5 Å². The molecule has 1 N–H and O–H groups in total. The number of benzene rings is 1. The van der Waals surface area contributed by atoms with Crippen LogP contribution in [0.1, 0.15) is 18.4 Å². The smallest absolute Gasteiger partial charge is 0.231 e. The van der Waals surface area contributed by atoms with Gasteiger partial charge >= 0.3 is 0 Å². The summed E-state index contributed by atoms with van der Waals surface area (Å²) in [5, 5.41) is 3.56. The normalized spacial score (nSPS) is 19.8. The molecule has 0 bridgehead atoms. The average molecular weight is 262 g/mol. The second-order valence-corrected chi connectivity index (χ2v) is 5.53. The highest BCUT2D eigenvalue weighted by Gasteiger charge is 2.18. The topological polar surface area (TPSA) is 33.7 Å². The molecule has 1 fully saturated rings. The fourth-order valence-corrected chi connectivity index (χ4v) is 2.81. The van der Waals surface area contributed by atoms with Crippen LogP contribution in [0.5, 0.6) is 11.5 Å². The summed E-state index contributed by atoms with van der Waals surface area (Å²) in [6, 6.07) is 6.10. The zero-order valence-electron chi connectivity index (χ0n) is 11.5. The zero-order chi connectivity index (χ0) is 13.1. The second kappa shape index (κ2) is 5.80. The Morgan fingerprint density at radius 2 is 2.11 bits per heavy atom. The van der Waals surface area contributed by atoms with Crippen molar-refractivity contribution in [3.8, 4) is 11.5 Å². The summed E-state index contributed by atoms with van der Waals surface area (Å²) in [5.74, 6) is 2.60. The number of para-hydroxylation sites is 1.